The average molecular weight is 270 g/mol. The van der Waals surface area contributed by atoms with Crippen LogP contribution < -0.4 is 0 Å². The Hall–Kier alpha value is -3.19. The van der Waals surface area contributed by atoms with Gasteiger partial charge in [-0.05, 0) is 30.3 Å². The monoisotopic (exact) mass is 270 g/mol. The molecule has 4 aromatic rings. The number of rotatable bonds is 1. The van der Waals surface area contributed by atoms with Gasteiger partial charge in [-0.3, -0.25) is 4.98 Å². The number of para-hydroxylation sites is 1. The fourth-order valence-corrected chi connectivity index (χ4v) is 2.51. The Morgan fingerprint density at radius 1 is 1.00 bits per heavy atom. The predicted octanol–water partition coefficient (Wildman–Crippen LogP) is 3.65. The molecule has 98 valence electrons. The molecule has 2 aromatic carbocycles. The van der Waals surface area contributed by atoms with E-state index in [0.717, 1.165) is 33.3 Å². The molecule has 0 atom stereocenters. The maximum atomic E-state index is 8.97. The summed E-state index contributed by atoms with van der Waals surface area (Å²) in [4.78, 5) is 12.3. The van der Waals surface area contributed by atoms with Crippen LogP contribution in [0.15, 0.2) is 54.7 Å². The SMILES string of the molecule is N#Cc1ccc2nc(-c3ccnc4ccccc34)[nH]c2c1. The molecule has 2 aromatic heterocycles. The molecule has 0 aliphatic heterocycles. The van der Waals surface area contributed by atoms with Crippen molar-refractivity contribution < 1.29 is 0 Å². The van der Waals surface area contributed by atoms with E-state index in [1.165, 1.54) is 0 Å². The van der Waals surface area contributed by atoms with E-state index in [-0.39, 0.29) is 0 Å². The smallest absolute Gasteiger partial charge is 0.139 e. The van der Waals surface area contributed by atoms with Crippen LogP contribution in [0.4, 0.5) is 0 Å². The molecular weight excluding hydrogens is 260 g/mol. The van der Waals surface area contributed by atoms with Crippen molar-refractivity contribution in [3.05, 3.63) is 60.3 Å². The number of aromatic nitrogens is 3. The van der Waals surface area contributed by atoms with Gasteiger partial charge >= 0.3 is 0 Å². The summed E-state index contributed by atoms with van der Waals surface area (Å²) in [5, 5.41) is 10.0. The second-order valence-electron chi connectivity index (χ2n) is 4.80. The highest BCUT2D eigenvalue weighted by atomic mass is 14.9. The van der Waals surface area contributed by atoms with Gasteiger partial charge in [0.15, 0.2) is 0 Å². The second-order valence-corrected chi connectivity index (χ2v) is 4.80. The zero-order chi connectivity index (χ0) is 14.2. The van der Waals surface area contributed by atoms with Crippen molar-refractivity contribution in [2.24, 2.45) is 0 Å². The van der Waals surface area contributed by atoms with Crippen LogP contribution in [0.1, 0.15) is 5.56 Å². The van der Waals surface area contributed by atoms with E-state index in [0.29, 0.717) is 5.56 Å². The number of nitriles is 1. The number of H-pyrrole nitrogens is 1. The number of imidazole rings is 1. The molecule has 0 unspecified atom stereocenters. The van der Waals surface area contributed by atoms with E-state index in [9.17, 15) is 0 Å². The third kappa shape index (κ3) is 1.84. The summed E-state index contributed by atoms with van der Waals surface area (Å²) in [6, 6.07) is 17.5. The summed E-state index contributed by atoms with van der Waals surface area (Å²) >= 11 is 0. The van der Waals surface area contributed by atoms with Crippen LogP contribution >= 0.6 is 0 Å². The van der Waals surface area contributed by atoms with Crippen molar-refractivity contribution in [3.63, 3.8) is 0 Å². The molecule has 0 bridgehead atoms. The summed E-state index contributed by atoms with van der Waals surface area (Å²) in [5.41, 5.74) is 4.29. The zero-order valence-corrected chi connectivity index (χ0v) is 11.0. The average Bonchev–Trinajstić information content (AvgIpc) is 2.97. The number of pyridine rings is 1. The minimum Gasteiger partial charge on any atom is -0.338 e. The van der Waals surface area contributed by atoms with E-state index in [1.807, 2.05) is 42.5 Å². The van der Waals surface area contributed by atoms with Crippen LogP contribution in [0.25, 0.3) is 33.3 Å². The number of nitrogens with one attached hydrogen (secondary N) is 1. The van der Waals surface area contributed by atoms with Gasteiger partial charge < -0.3 is 4.98 Å². The second kappa shape index (κ2) is 4.43. The Labute approximate surface area is 120 Å². The standard InChI is InChI=1S/C17H10N4/c18-10-11-5-6-15-16(9-11)21-17(20-15)13-7-8-19-14-4-2-1-3-12(13)14/h1-9H,(H,20,21). The molecule has 0 saturated carbocycles. The fourth-order valence-electron chi connectivity index (χ4n) is 2.51. The highest BCUT2D eigenvalue weighted by molar-refractivity contribution is 5.94. The van der Waals surface area contributed by atoms with Gasteiger partial charge in [0.1, 0.15) is 5.82 Å². The Morgan fingerprint density at radius 2 is 1.90 bits per heavy atom. The van der Waals surface area contributed by atoms with Crippen LogP contribution in [0.2, 0.25) is 0 Å². The van der Waals surface area contributed by atoms with Crippen molar-refractivity contribution in [1.29, 1.82) is 5.26 Å². The van der Waals surface area contributed by atoms with Gasteiger partial charge in [0.2, 0.25) is 0 Å². The molecular formula is C17H10N4. The number of hydrogen-bond acceptors (Lipinski definition) is 3. The Balaban J connectivity index is 1.98. The van der Waals surface area contributed by atoms with Gasteiger partial charge in [-0.25, -0.2) is 4.98 Å². The van der Waals surface area contributed by atoms with E-state index < -0.39 is 0 Å². The van der Waals surface area contributed by atoms with Gasteiger partial charge in [-0.15, -0.1) is 0 Å². The number of aromatic amines is 1. The van der Waals surface area contributed by atoms with E-state index in [2.05, 4.69) is 21.0 Å². The van der Waals surface area contributed by atoms with Crippen molar-refractivity contribution in [2.45, 2.75) is 0 Å². The summed E-state index contributed by atoms with van der Waals surface area (Å²) in [7, 11) is 0. The summed E-state index contributed by atoms with van der Waals surface area (Å²) in [6.07, 6.45) is 1.78. The van der Waals surface area contributed by atoms with Crippen molar-refractivity contribution in [3.8, 4) is 17.5 Å². The van der Waals surface area contributed by atoms with Crippen molar-refractivity contribution in [2.75, 3.05) is 0 Å². The number of hydrogen-bond donors (Lipinski definition) is 1. The number of fused-ring (bicyclic) bond motifs is 2. The number of benzene rings is 2. The first-order valence-corrected chi connectivity index (χ1v) is 6.59. The quantitative estimate of drug-likeness (QED) is 0.574. The van der Waals surface area contributed by atoms with Crippen LogP contribution in [0, 0.1) is 11.3 Å². The van der Waals surface area contributed by atoms with Gasteiger partial charge in [0.05, 0.1) is 28.2 Å². The minimum absolute atomic E-state index is 0.622. The summed E-state index contributed by atoms with van der Waals surface area (Å²) < 4.78 is 0. The summed E-state index contributed by atoms with van der Waals surface area (Å²) in [6.45, 7) is 0. The third-order valence-electron chi connectivity index (χ3n) is 3.52. The Kier molecular flexibility index (Phi) is 2.45. The first kappa shape index (κ1) is 11.6. The molecule has 0 aliphatic carbocycles. The third-order valence-corrected chi connectivity index (χ3v) is 3.52. The first-order chi connectivity index (χ1) is 10.3. The molecule has 0 fully saturated rings. The molecule has 0 radical (unpaired) electrons. The lowest BCUT2D eigenvalue weighted by molar-refractivity contribution is 1.33. The molecule has 21 heavy (non-hydrogen) atoms. The van der Waals surface area contributed by atoms with Gasteiger partial charge in [-0.1, -0.05) is 18.2 Å². The topological polar surface area (TPSA) is 65.4 Å². The lowest BCUT2D eigenvalue weighted by atomic mass is 10.1. The lowest BCUT2D eigenvalue weighted by Gasteiger charge is -2.02. The van der Waals surface area contributed by atoms with Gasteiger partial charge in [0, 0.05) is 17.1 Å². The highest BCUT2D eigenvalue weighted by Gasteiger charge is 2.09. The molecule has 0 saturated heterocycles. The van der Waals surface area contributed by atoms with Crippen LogP contribution in [0.5, 0.6) is 0 Å². The minimum atomic E-state index is 0.622. The van der Waals surface area contributed by atoms with Crippen molar-refractivity contribution in [1.82, 2.24) is 15.0 Å². The van der Waals surface area contributed by atoms with Crippen molar-refractivity contribution >= 4 is 21.9 Å². The molecule has 4 nitrogen and oxygen atoms in total. The zero-order valence-electron chi connectivity index (χ0n) is 11.0. The highest BCUT2D eigenvalue weighted by Crippen LogP contribution is 2.27. The van der Waals surface area contributed by atoms with Gasteiger partial charge in [0.25, 0.3) is 0 Å². The van der Waals surface area contributed by atoms with Crippen LogP contribution in [-0.2, 0) is 0 Å². The van der Waals surface area contributed by atoms with Crippen LogP contribution in [0.3, 0.4) is 0 Å². The lowest BCUT2D eigenvalue weighted by Crippen LogP contribution is -1.85. The molecule has 0 aliphatic rings. The molecule has 0 amide bonds. The largest absolute Gasteiger partial charge is 0.338 e. The predicted molar refractivity (Wildman–Crippen MR) is 81.5 cm³/mol. The first-order valence-electron chi connectivity index (χ1n) is 6.59. The Bertz CT molecular complexity index is 1000. The summed E-state index contributed by atoms with van der Waals surface area (Å²) in [5.74, 6) is 0.790. The van der Waals surface area contributed by atoms with E-state index in [4.69, 9.17) is 5.26 Å². The molecule has 4 heteroatoms. The fraction of sp³-hybridized carbons (Fsp3) is 0. The molecule has 4 rings (SSSR count). The van der Waals surface area contributed by atoms with Gasteiger partial charge in [-0.2, -0.15) is 5.26 Å². The maximum Gasteiger partial charge on any atom is 0.139 e. The normalized spacial score (nSPS) is 10.8. The van der Waals surface area contributed by atoms with E-state index >= 15 is 0 Å². The maximum absolute atomic E-state index is 8.97. The van der Waals surface area contributed by atoms with E-state index in [1.54, 1.807) is 12.3 Å². The number of nitrogens with zero attached hydrogens (tertiary/aromatic N) is 3. The molecule has 1 N–H and O–H groups in total. The van der Waals surface area contributed by atoms with Crippen LogP contribution in [-0.4, -0.2) is 15.0 Å². The molecule has 2 heterocycles. The molecule has 0 spiro atoms. The Morgan fingerprint density at radius 3 is 2.81 bits per heavy atom.